The molecule has 4 nitrogen and oxygen atoms in total. The molecule has 18 heavy (non-hydrogen) atoms. The Labute approximate surface area is 110 Å². The molecule has 0 aliphatic carbocycles. The summed E-state index contributed by atoms with van der Waals surface area (Å²) in [6.07, 6.45) is 0. The van der Waals surface area contributed by atoms with Crippen molar-refractivity contribution in [2.45, 2.75) is 19.8 Å². The molecule has 0 spiro atoms. The van der Waals surface area contributed by atoms with Gasteiger partial charge in [-0.15, -0.1) is 5.10 Å². The van der Waals surface area contributed by atoms with E-state index in [-0.39, 0.29) is 0 Å². The van der Waals surface area contributed by atoms with Gasteiger partial charge in [0.2, 0.25) is 0 Å². The van der Waals surface area contributed by atoms with Gasteiger partial charge in [-0.2, -0.15) is 4.63 Å². The lowest BCUT2D eigenvalue weighted by molar-refractivity contribution is 0.731. The van der Waals surface area contributed by atoms with Crippen LogP contribution < -0.4 is 0 Å². The topological polar surface area (TPSA) is 46.0 Å². The number of nitrogens with zero attached hydrogens (tertiary/aromatic N) is 3. The molecule has 0 aliphatic heterocycles. The van der Waals surface area contributed by atoms with Gasteiger partial charge in [-0.3, -0.25) is 5.10 Å². The van der Waals surface area contributed by atoms with E-state index in [0.717, 1.165) is 22.7 Å². The summed E-state index contributed by atoms with van der Waals surface area (Å²) in [4.78, 5) is 4.47. The highest BCUT2D eigenvalue weighted by Crippen LogP contribution is 2.27. The van der Waals surface area contributed by atoms with Gasteiger partial charge in [-0.05, 0) is 6.07 Å². The van der Waals surface area contributed by atoms with Crippen LogP contribution in [0.2, 0.25) is 5.02 Å². The summed E-state index contributed by atoms with van der Waals surface area (Å²) in [5, 5.41) is 8.30. The average molecular weight is 261 g/mol. The number of H-pyrrole nitrogens is 1. The second-order valence-electron chi connectivity index (χ2n) is 4.54. The molecular formula is C13H13ClN4. The van der Waals surface area contributed by atoms with E-state index in [1.807, 2.05) is 30.3 Å². The van der Waals surface area contributed by atoms with Gasteiger partial charge in [-0.25, -0.2) is 4.98 Å². The fourth-order valence-electron chi connectivity index (χ4n) is 1.85. The van der Waals surface area contributed by atoms with Crippen LogP contribution in [-0.2, 0) is 0 Å². The first kappa shape index (κ1) is 11.3. The largest absolute Gasteiger partial charge is 0.276 e. The van der Waals surface area contributed by atoms with Crippen molar-refractivity contribution in [2.24, 2.45) is 0 Å². The van der Waals surface area contributed by atoms with Crippen molar-refractivity contribution < 1.29 is 0 Å². The Morgan fingerprint density at radius 2 is 2.06 bits per heavy atom. The van der Waals surface area contributed by atoms with Crippen molar-refractivity contribution >= 4 is 17.2 Å². The van der Waals surface area contributed by atoms with Crippen LogP contribution in [0.4, 0.5) is 0 Å². The Kier molecular flexibility index (Phi) is 2.59. The Hall–Kier alpha value is -1.81. The van der Waals surface area contributed by atoms with Crippen LogP contribution in [0, 0.1) is 0 Å². The van der Waals surface area contributed by atoms with E-state index in [1.54, 1.807) is 4.63 Å². The zero-order chi connectivity index (χ0) is 12.7. The normalized spacial score (nSPS) is 11.6. The van der Waals surface area contributed by atoms with E-state index in [9.17, 15) is 0 Å². The minimum atomic E-state index is 0.321. The second-order valence-corrected chi connectivity index (χ2v) is 4.95. The van der Waals surface area contributed by atoms with Crippen molar-refractivity contribution in [1.29, 1.82) is 0 Å². The van der Waals surface area contributed by atoms with Gasteiger partial charge < -0.3 is 0 Å². The van der Waals surface area contributed by atoms with Crippen molar-refractivity contribution in [1.82, 2.24) is 19.8 Å². The lowest BCUT2D eigenvalue weighted by atomic mass is 10.1. The first-order chi connectivity index (χ1) is 8.65. The van der Waals surface area contributed by atoms with E-state index in [2.05, 4.69) is 29.0 Å². The van der Waals surface area contributed by atoms with Crippen LogP contribution in [-0.4, -0.2) is 19.8 Å². The van der Waals surface area contributed by atoms with E-state index in [0.29, 0.717) is 10.9 Å². The van der Waals surface area contributed by atoms with Crippen LogP contribution in [0.1, 0.15) is 25.6 Å². The van der Waals surface area contributed by atoms with Crippen molar-refractivity contribution in [3.63, 3.8) is 0 Å². The Morgan fingerprint density at radius 1 is 1.28 bits per heavy atom. The molecule has 3 aromatic rings. The number of hydrogen-bond donors (Lipinski definition) is 1. The Balaban J connectivity index is 2.10. The number of benzene rings is 1. The fraction of sp³-hybridized carbons (Fsp3) is 0.231. The Morgan fingerprint density at radius 3 is 2.72 bits per heavy atom. The van der Waals surface area contributed by atoms with Crippen LogP contribution >= 0.6 is 11.6 Å². The van der Waals surface area contributed by atoms with Crippen molar-refractivity contribution in [2.75, 3.05) is 0 Å². The van der Waals surface area contributed by atoms with Crippen LogP contribution in [0.3, 0.4) is 0 Å². The fourth-order valence-corrected chi connectivity index (χ4v) is 2.09. The third kappa shape index (κ3) is 1.78. The Bertz CT molecular complexity index is 664. The highest BCUT2D eigenvalue weighted by atomic mass is 35.5. The van der Waals surface area contributed by atoms with Gasteiger partial charge in [0, 0.05) is 22.6 Å². The van der Waals surface area contributed by atoms with Gasteiger partial charge in [0.1, 0.15) is 0 Å². The molecule has 0 saturated heterocycles. The van der Waals surface area contributed by atoms with Gasteiger partial charge in [-0.1, -0.05) is 43.6 Å². The first-order valence-corrected chi connectivity index (χ1v) is 6.23. The summed E-state index contributed by atoms with van der Waals surface area (Å²) in [6, 6.07) is 9.66. The average Bonchev–Trinajstić information content (AvgIpc) is 2.87. The first-order valence-electron chi connectivity index (χ1n) is 5.86. The predicted octanol–water partition coefficient (Wildman–Crippen LogP) is 3.50. The van der Waals surface area contributed by atoms with Gasteiger partial charge in [0.25, 0.3) is 0 Å². The number of halogens is 1. The van der Waals surface area contributed by atoms with Gasteiger partial charge >= 0.3 is 0 Å². The molecule has 0 unspecified atom stereocenters. The maximum Gasteiger partial charge on any atom is 0.176 e. The third-order valence-electron chi connectivity index (χ3n) is 2.83. The molecule has 2 heterocycles. The monoisotopic (exact) mass is 260 g/mol. The maximum absolute atomic E-state index is 6.16. The van der Waals surface area contributed by atoms with Crippen LogP contribution in [0.15, 0.2) is 30.3 Å². The minimum absolute atomic E-state index is 0.321. The number of aromatic amines is 1. The van der Waals surface area contributed by atoms with Gasteiger partial charge in [0.05, 0.1) is 5.69 Å². The molecule has 0 aliphatic rings. The number of fused-ring (bicyclic) bond motifs is 1. The lowest BCUT2D eigenvalue weighted by Crippen LogP contribution is -1.93. The SMILES string of the molecule is CC(C)c1nc2cc(-c3ccccc3Cl)[nH]n2n1. The van der Waals surface area contributed by atoms with Crippen molar-refractivity contribution in [3.8, 4) is 11.3 Å². The van der Waals surface area contributed by atoms with E-state index in [1.165, 1.54) is 0 Å². The molecule has 1 aromatic carbocycles. The van der Waals surface area contributed by atoms with Crippen molar-refractivity contribution in [3.05, 3.63) is 41.2 Å². The third-order valence-corrected chi connectivity index (χ3v) is 3.16. The number of aromatic nitrogens is 4. The van der Waals surface area contributed by atoms with Crippen LogP contribution in [0.25, 0.3) is 16.9 Å². The quantitative estimate of drug-likeness (QED) is 0.766. The molecule has 0 saturated carbocycles. The molecule has 3 rings (SSSR count). The summed E-state index contributed by atoms with van der Waals surface area (Å²) in [7, 11) is 0. The van der Waals surface area contributed by atoms with E-state index >= 15 is 0 Å². The van der Waals surface area contributed by atoms with E-state index in [4.69, 9.17) is 11.6 Å². The molecule has 0 bridgehead atoms. The lowest BCUT2D eigenvalue weighted by Gasteiger charge is -1.99. The predicted molar refractivity (Wildman–Crippen MR) is 71.9 cm³/mol. The molecule has 2 aromatic heterocycles. The number of hydrogen-bond acceptors (Lipinski definition) is 2. The molecule has 0 radical (unpaired) electrons. The number of rotatable bonds is 2. The minimum Gasteiger partial charge on any atom is -0.276 e. The zero-order valence-electron chi connectivity index (χ0n) is 10.2. The molecule has 1 N–H and O–H groups in total. The highest BCUT2D eigenvalue weighted by Gasteiger charge is 2.12. The summed E-state index contributed by atoms with van der Waals surface area (Å²) >= 11 is 6.16. The smallest absolute Gasteiger partial charge is 0.176 e. The van der Waals surface area contributed by atoms with Gasteiger partial charge in [0.15, 0.2) is 11.5 Å². The van der Waals surface area contributed by atoms with E-state index < -0.39 is 0 Å². The zero-order valence-corrected chi connectivity index (χ0v) is 10.9. The molecule has 0 atom stereocenters. The summed E-state index contributed by atoms with van der Waals surface area (Å²) in [5.74, 6) is 1.16. The molecule has 0 amide bonds. The number of nitrogens with one attached hydrogen (secondary N) is 1. The molecule has 0 fully saturated rings. The van der Waals surface area contributed by atoms with Crippen LogP contribution in [0.5, 0.6) is 0 Å². The molecule has 5 heteroatoms. The molecule has 92 valence electrons. The highest BCUT2D eigenvalue weighted by molar-refractivity contribution is 6.33. The summed E-state index contributed by atoms with van der Waals surface area (Å²) in [6.45, 7) is 4.15. The summed E-state index contributed by atoms with van der Waals surface area (Å²) in [5.41, 5.74) is 2.69. The standard InChI is InChI=1S/C13H13ClN4/c1-8(2)13-15-12-7-11(16-18(12)17-13)9-5-3-4-6-10(9)14/h3-8,16H,1-2H3. The summed E-state index contributed by atoms with van der Waals surface area (Å²) < 4.78 is 1.69. The maximum atomic E-state index is 6.16. The molecular weight excluding hydrogens is 248 g/mol. The second kappa shape index (κ2) is 4.14.